The number of carbonyl (C=O) groups is 1. The Kier molecular flexibility index (Phi) is 7.06. The molecule has 1 aromatic heterocycles. The number of nitrogens with one attached hydrogen (secondary N) is 1. The minimum absolute atomic E-state index is 0.287. The highest BCUT2D eigenvalue weighted by atomic mass is 19.4. The minimum Gasteiger partial charge on any atom is -0.494 e. The zero-order valence-electron chi connectivity index (χ0n) is 15.8. The minimum atomic E-state index is -4.94. The number of amides is 1. The van der Waals surface area contributed by atoms with Crippen molar-refractivity contribution in [1.29, 1.82) is 0 Å². The molecule has 2 rings (SSSR count). The predicted octanol–water partition coefficient (Wildman–Crippen LogP) is 3.17. The summed E-state index contributed by atoms with van der Waals surface area (Å²) >= 11 is 0. The Morgan fingerprint density at radius 1 is 1.29 bits per heavy atom. The van der Waals surface area contributed by atoms with E-state index >= 15 is 0 Å². The fourth-order valence-electron chi connectivity index (χ4n) is 2.64. The van der Waals surface area contributed by atoms with Crippen LogP contribution in [0.1, 0.15) is 42.4 Å². The van der Waals surface area contributed by atoms with E-state index in [1.54, 1.807) is 12.1 Å². The third kappa shape index (κ3) is 5.03. The Labute approximate surface area is 161 Å². The first kappa shape index (κ1) is 21.7. The molecular weight excluding hydrogens is 375 g/mol. The molecule has 1 unspecified atom stereocenters. The topological polar surface area (TPSA) is 76.4 Å². The number of halogens is 3. The first-order valence-corrected chi connectivity index (χ1v) is 8.97. The molecule has 0 bridgehead atoms. The molecule has 0 saturated heterocycles. The summed E-state index contributed by atoms with van der Waals surface area (Å²) < 4.78 is 46.9. The summed E-state index contributed by atoms with van der Waals surface area (Å²) in [5.74, 6) is -0.446. The van der Waals surface area contributed by atoms with Crippen molar-refractivity contribution in [2.75, 3.05) is 13.2 Å². The van der Waals surface area contributed by atoms with E-state index in [4.69, 9.17) is 4.74 Å². The second-order valence-electron chi connectivity index (χ2n) is 6.45. The van der Waals surface area contributed by atoms with Crippen LogP contribution < -0.4 is 10.1 Å². The lowest BCUT2D eigenvalue weighted by Crippen LogP contribution is -2.46. The van der Waals surface area contributed by atoms with Gasteiger partial charge in [0.15, 0.2) is 0 Å². The maximum absolute atomic E-state index is 13.4. The lowest BCUT2D eigenvalue weighted by atomic mass is 9.97. The highest BCUT2D eigenvalue weighted by Gasteiger charge is 2.57. The van der Waals surface area contributed by atoms with Crippen molar-refractivity contribution >= 4 is 5.91 Å². The largest absolute Gasteiger partial charge is 0.494 e. The van der Waals surface area contributed by atoms with Crippen LogP contribution in [0.4, 0.5) is 13.2 Å². The van der Waals surface area contributed by atoms with E-state index in [0.29, 0.717) is 12.4 Å². The Hall–Kier alpha value is -2.55. The Morgan fingerprint density at radius 2 is 1.96 bits per heavy atom. The fourth-order valence-corrected chi connectivity index (χ4v) is 2.64. The fraction of sp³-hybridized carbons (Fsp3) is 0.474. The SMILES string of the molecule is CCCCOc1ccc(C(=O)NCCC(O)(c2nccn2C)C(F)(F)F)cc1. The molecule has 0 spiro atoms. The number of nitrogens with zero attached hydrogens (tertiary/aromatic N) is 2. The summed E-state index contributed by atoms with van der Waals surface area (Å²) in [5.41, 5.74) is -2.87. The number of carbonyl (C=O) groups excluding carboxylic acids is 1. The van der Waals surface area contributed by atoms with E-state index in [1.807, 2.05) is 6.92 Å². The molecule has 28 heavy (non-hydrogen) atoms. The predicted molar refractivity (Wildman–Crippen MR) is 97.0 cm³/mol. The van der Waals surface area contributed by atoms with Crippen LogP contribution in [0, 0.1) is 0 Å². The van der Waals surface area contributed by atoms with Crippen molar-refractivity contribution in [3.05, 3.63) is 48.0 Å². The number of aryl methyl sites for hydroxylation is 1. The Balaban J connectivity index is 1.97. The number of aliphatic hydroxyl groups is 1. The number of imidazole rings is 1. The van der Waals surface area contributed by atoms with Gasteiger partial charge in [-0.2, -0.15) is 13.2 Å². The molecule has 0 aliphatic rings. The maximum atomic E-state index is 13.4. The van der Waals surface area contributed by atoms with E-state index in [0.717, 1.165) is 17.4 Å². The lowest BCUT2D eigenvalue weighted by Gasteiger charge is -2.30. The van der Waals surface area contributed by atoms with E-state index in [-0.39, 0.29) is 12.1 Å². The van der Waals surface area contributed by atoms with Crippen molar-refractivity contribution in [2.45, 2.75) is 38.0 Å². The van der Waals surface area contributed by atoms with E-state index in [2.05, 4.69) is 10.3 Å². The number of hydrogen-bond donors (Lipinski definition) is 2. The smallest absolute Gasteiger partial charge is 0.424 e. The molecule has 0 fully saturated rings. The van der Waals surface area contributed by atoms with Crippen LogP contribution in [0.2, 0.25) is 0 Å². The number of hydrogen-bond acceptors (Lipinski definition) is 4. The summed E-state index contributed by atoms with van der Waals surface area (Å²) in [5, 5.41) is 12.6. The quantitative estimate of drug-likeness (QED) is 0.635. The monoisotopic (exact) mass is 399 g/mol. The van der Waals surface area contributed by atoms with Gasteiger partial charge in [-0.3, -0.25) is 4.79 Å². The van der Waals surface area contributed by atoms with Crippen molar-refractivity contribution in [2.24, 2.45) is 7.05 Å². The number of rotatable bonds is 9. The highest BCUT2D eigenvalue weighted by molar-refractivity contribution is 5.94. The molecule has 0 saturated carbocycles. The molecule has 2 aromatic rings. The standard InChI is InChI=1S/C19H24F3N3O3/c1-3-4-13-28-15-7-5-14(6-8-15)16(26)23-10-9-18(27,19(20,21)22)17-24-11-12-25(17)2/h5-8,11-12,27H,3-4,9-10,13H2,1-2H3,(H,23,26). The molecule has 0 radical (unpaired) electrons. The summed E-state index contributed by atoms with van der Waals surface area (Å²) in [6.45, 7) is 2.24. The van der Waals surface area contributed by atoms with Crippen molar-refractivity contribution in [3.63, 3.8) is 0 Å². The average Bonchev–Trinajstić information content (AvgIpc) is 3.08. The van der Waals surface area contributed by atoms with Gasteiger partial charge in [-0.1, -0.05) is 13.3 Å². The van der Waals surface area contributed by atoms with Gasteiger partial charge >= 0.3 is 6.18 Å². The number of benzene rings is 1. The van der Waals surface area contributed by atoms with Gasteiger partial charge in [-0.25, -0.2) is 4.98 Å². The van der Waals surface area contributed by atoms with E-state index < -0.39 is 29.9 Å². The van der Waals surface area contributed by atoms with Gasteiger partial charge in [-0.15, -0.1) is 0 Å². The number of ether oxygens (including phenoxy) is 1. The zero-order chi connectivity index (χ0) is 20.8. The lowest BCUT2D eigenvalue weighted by molar-refractivity contribution is -0.272. The van der Waals surface area contributed by atoms with E-state index in [1.165, 1.54) is 31.6 Å². The molecular formula is C19H24F3N3O3. The second-order valence-corrected chi connectivity index (χ2v) is 6.45. The Morgan fingerprint density at radius 3 is 2.50 bits per heavy atom. The maximum Gasteiger partial charge on any atom is 0.424 e. The van der Waals surface area contributed by atoms with Gasteiger partial charge in [0.25, 0.3) is 5.91 Å². The molecule has 1 aromatic carbocycles. The van der Waals surface area contributed by atoms with Gasteiger partial charge in [0.1, 0.15) is 11.6 Å². The summed E-state index contributed by atoms with van der Waals surface area (Å²) in [7, 11) is 1.36. The molecule has 0 aliphatic heterocycles. The molecule has 1 heterocycles. The van der Waals surface area contributed by atoms with Crippen LogP contribution in [-0.4, -0.2) is 39.9 Å². The van der Waals surface area contributed by atoms with Crippen molar-refractivity contribution in [1.82, 2.24) is 14.9 Å². The molecule has 2 N–H and O–H groups in total. The molecule has 6 nitrogen and oxygen atoms in total. The highest BCUT2D eigenvalue weighted by Crippen LogP contribution is 2.40. The van der Waals surface area contributed by atoms with Crippen LogP contribution in [0.15, 0.2) is 36.7 Å². The average molecular weight is 399 g/mol. The molecule has 9 heteroatoms. The molecule has 1 atom stereocenters. The first-order chi connectivity index (χ1) is 13.2. The third-order valence-corrected chi connectivity index (χ3v) is 4.32. The normalized spacial score (nSPS) is 13.8. The first-order valence-electron chi connectivity index (χ1n) is 8.97. The van der Waals surface area contributed by atoms with Gasteiger partial charge in [0.2, 0.25) is 5.60 Å². The molecule has 1 amide bonds. The number of unbranched alkanes of at least 4 members (excludes halogenated alkanes) is 1. The second kappa shape index (κ2) is 9.09. The number of alkyl halides is 3. The van der Waals surface area contributed by atoms with Gasteiger partial charge in [-0.05, 0) is 30.7 Å². The van der Waals surface area contributed by atoms with Crippen LogP contribution in [0.25, 0.3) is 0 Å². The molecule has 0 aliphatic carbocycles. The zero-order valence-corrected chi connectivity index (χ0v) is 15.8. The van der Waals surface area contributed by atoms with Gasteiger partial charge < -0.3 is 19.7 Å². The van der Waals surface area contributed by atoms with Gasteiger partial charge in [0, 0.05) is 38.0 Å². The van der Waals surface area contributed by atoms with Crippen LogP contribution in [-0.2, 0) is 12.6 Å². The van der Waals surface area contributed by atoms with Crippen molar-refractivity contribution in [3.8, 4) is 5.75 Å². The van der Waals surface area contributed by atoms with Crippen LogP contribution >= 0.6 is 0 Å². The van der Waals surface area contributed by atoms with Crippen LogP contribution in [0.3, 0.4) is 0 Å². The Bertz CT molecular complexity index is 775. The van der Waals surface area contributed by atoms with Crippen molar-refractivity contribution < 1.29 is 27.8 Å². The van der Waals surface area contributed by atoms with E-state index in [9.17, 15) is 23.1 Å². The third-order valence-electron chi connectivity index (χ3n) is 4.32. The summed E-state index contributed by atoms with van der Waals surface area (Å²) in [4.78, 5) is 15.8. The van der Waals surface area contributed by atoms with Gasteiger partial charge in [0.05, 0.1) is 6.61 Å². The summed E-state index contributed by atoms with van der Waals surface area (Å²) in [6.07, 6.45) is -1.29. The van der Waals surface area contributed by atoms with Crippen LogP contribution in [0.5, 0.6) is 5.75 Å². The number of aromatic nitrogens is 2. The summed E-state index contributed by atoms with van der Waals surface area (Å²) in [6, 6.07) is 6.33. The molecule has 154 valence electrons.